The summed E-state index contributed by atoms with van der Waals surface area (Å²) in [6, 6.07) is 10.8. The third-order valence-electron chi connectivity index (χ3n) is 4.28. The molecule has 3 nitrogen and oxygen atoms in total. The average molecular weight is 245 g/mol. The summed E-state index contributed by atoms with van der Waals surface area (Å²) < 4.78 is 11.2. The predicted octanol–water partition coefficient (Wildman–Crippen LogP) is 2.19. The highest BCUT2D eigenvalue weighted by molar-refractivity contribution is 5.39. The molecule has 1 aliphatic heterocycles. The van der Waals surface area contributed by atoms with Gasteiger partial charge in [0.15, 0.2) is 0 Å². The van der Waals surface area contributed by atoms with Gasteiger partial charge in [-0.25, -0.2) is 0 Å². The number of fused-ring (bicyclic) bond motifs is 1. The highest BCUT2D eigenvalue weighted by Gasteiger charge is 2.70. The molecule has 1 aromatic carbocycles. The molecule has 1 aliphatic carbocycles. The summed E-state index contributed by atoms with van der Waals surface area (Å²) in [4.78, 5) is 2.41. The number of methoxy groups -OCH3 is 2. The van der Waals surface area contributed by atoms with Crippen LogP contribution in [0.15, 0.2) is 42.5 Å². The van der Waals surface area contributed by atoms with E-state index in [1.54, 1.807) is 14.2 Å². The van der Waals surface area contributed by atoms with Gasteiger partial charge in [-0.3, -0.25) is 4.90 Å². The van der Waals surface area contributed by atoms with Crippen molar-refractivity contribution < 1.29 is 9.47 Å². The zero-order valence-corrected chi connectivity index (χ0v) is 11.1. The lowest BCUT2D eigenvalue weighted by Crippen LogP contribution is -2.38. The maximum atomic E-state index is 5.58. The second-order valence-corrected chi connectivity index (χ2v) is 5.20. The van der Waals surface area contributed by atoms with Crippen molar-refractivity contribution in [3.63, 3.8) is 0 Å². The van der Waals surface area contributed by atoms with Crippen LogP contribution in [0.2, 0.25) is 0 Å². The molecule has 3 unspecified atom stereocenters. The Morgan fingerprint density at radius 2 is 1.78 bits per heavy atom. The lowest BCUT2D eigenvalue weighted by molar-refractivity contribution is -0.174. The Labute approximate surface area is 108 Å². The lowest BCUT2D eigenvalue weighted by atomic mass is 10.1. The van der Waals surface area contributed by atoms with Crippen LogP contribution in [0.5, 0.6) is 0 Å². The highest BCUT2D eigenvalue weighted by atomic mass is 16.7. The third-order valence-corrected chi connectivity index (χ3v) is 4.28. The summed E-state index contributed by atoms with van der Waals surface area (Å²) in [5.41, 5.74) is 1.39. The molecule has 3 rings (SSSR count). The van der Waals surface area contributed by atoms with Crippen LogP contribution in [-0.4, -0.2) is 36.5 Å². The van der Waals surface area contributed by atoms with E-state index in [2.05, 4.69) is 42.2 Å². The minimum atomic E-state index is -0.580. The summed E-state index contributed by atoms with van der Waals surface area (Å²) >= 11 is 0. The fraction of sp³-hybridized carbons (Fsp3) is 0.467. The number of hydrogen-bond donors (Lipinski definition) is 0. The van der Waals surface area contributed by atoms with Crippen molar-refractivity contribution >= 4 is 0 Å². The molecule has 0 spiro atoms. The van der Waals surface area contributed by atoms with Gasteiger partial charge in [-0.2, -0.15) is 0 Å². The van der Waals surface area contributed by atoms with Gasteiger partial charge >= 0.3 is 0 Å². The number of hydrogen-bond acceptors (Lipinski definition) is 3. The molecular weight excluding hydrogens is 226 g/mol. The molecule has 18 heavy (non-hydrogen) atoms. The van der Waals surface area contributed by atoms with E-state index in [1.165, 1.54) is 5.56 Å². The molecule has 3 heteroatoms. The summed E-state index contributed by atoms with van der Waals surface area (Å²) in [5.74, 6) is -0.580. The van der Waals surface area contributed by atoms with Crippen molar-refractivity contribution in [1.29, 1.82) is 0 Å². The van der Waals surface area contributed by atoms with Crippen molar-refractivity contribution in [2.45, 2.75) is 30.8 Å². The molecule has 0 saturated carbocycles. The first-order chi connectivity index (χ1) is 8.66. The van der Waals surface area contributed by atoms with Gasteiger partial charge in [0, 0.05) is 20.8 Å². The molecule has 0 amide bonds. The topological polar surface area (TPSA) is 21.5 Å². The zero-order valence-electron chi connectivity index (χ0n) is 11.1. The van der Waals surface area contributed by atoms with Gasteiger partial charge in [0.2, 0.25) is 5.79 Å². The minimum absolute atomic E-state index is 0.0713. The Hall–Kier alpha value is -1.16. The summed E-state index contributed by atoms with van der Waals surface area (Å²) in [7, 11) is 3.41. The van der Waals surface area contributed by atoms with E-state index < -0.39 is 5.79 Å². The lowest BCUT2D eigenvalue weighted by Gasteiger charge is -2.26. The summed E-state index contributed by atoms with van der Waals surface area (Å²) in [6.45, 7) is 3.16. The molecule has 1 heterocycles. The summed E-state index contributed by atoms with van der Waals surface area (Å²) in [6.07, 6.45) is 4.24. The van der Waals surface area contributed by atoms with E-state index in [-0.39, 0.29) is 11.6 Å². The van der Waals surface area contributed by atoms with Crippen LogP contribution in [0.4, 0.5) is 0 Å². The van der Waals surface area contributed by atoms with Gasteiger partial charge in [-0.1, -0.05) is 36.4 Å². The maximum absolute atomic E-state index is 5.58. The quantitative estimate of drug-likeness (QED) is 0.461. The normalized spacial score (nSPS) is 35.5. The van der Waals surface area contributed by atoms with Crippen LogP contribution in [0, 0.1) is 0 Å². The number of ether oxygens (including phenoxy) is 2. The second-order valence-electron chi connectivity index (χ2n) is 5.20. The molecule has 1 fully saturated rings. The summed E-state index contributed by atoms with van der Waals surface area (Å²) in [5, 5.41) is 0. The number of benzene rings is 1. The van der Waals surface area contributed by atoms with E-state index >= 15 is 0 Å². The second kappa shape index (κ2) is 3.92. The fourth-order valence-electron chi connectivity index (χ4n) is 3.14. The molecule has 2 aliphatic rings. The third kappa shape index (κ3) is 1.48. The Kier molecular flexibility index (Phi) is 2.59. The number of rotatable bonds is 4. The molecule has 1 saturated heterocycles. The smallest absolute Gasteiger partial charge is 0.205 e. The first-order valence-corrected chi connectivity index (χ1v) is 6.28. The first-order valence-electron chi connectivity index (χ1n) is 6.28. The van der Waals surface area contributed by atoms with E-state index in [1.807, 2.05) is 12.1 Å². The van der Waals surface area contributed by atoms with E-state index in [0.29, 0.717) is 0 Å². The Morgan fingerprint density at radius 3 is 2.39 bits per heavy atom. The van der Waals surface area contributed by atoms with Crippen molar-refractivity contribution in [1.82, 2.24) is 4.90 Å². The molecule has 1 aromatic rings. The van der Waals surface area contributed by atoms with Crippen molar-refractivity contribution in [3.8, 4) is 0 Å². The van der Waals surface area contributed by atoms with Crippen molar-refractivity contribution in [2.24, 2.45) is 0 Å². The van der Waals surface area contributed by atoms with Crippen LogP contribution in [-0.2, 0) is 16.0 Å². The van der Waals surface area contributed by atoms with Crippen LogP contribution < -0.4 is 0 Å². The van der Waals surface area contributed by atoms with Gasteiger partial charge in [0.05, 0.1) is 11.6 Å². The minimum Gasteiger partial charge on any atom is -0.348 e. The van der Waals surface area contributed by atoms with Crippen molar-refractivity contribution in [3.05, 3.63) is 48.0 Å². The monoisotopic (exact) mass is 245 g/mol. The first kappa shape index (κ1) is 11.9. The number of nitrogens with zero attached hydrogens (tertiary/aromatic N) is 1. The largest absolute Gasteiger partial charge is 0.348 e. The van der Waals surface area contributed by atoms with Gasteiger partial charge < -0.3 is 9.47 Å². The molecular formula is C15H19NO2. The Morgan fingerprint density at radius 1 is 1.11 bits per heavy atom. The molecule has 0 radical (unpaired) electrons. The van der Waals surface area contributed by atoms with Gasteiger partial charge in [-0.05, 0) is 18.6 Å². The van der Waals surface area contributed by atoms with E-state index in [9.17, 15) is 0 Å². The molecule has 0 aromatic heterocycles. The average Bonchev–Trinajstić information content (AvgIpc) is 2.86. The van der Waals surface area contributed by atoms with E-state index in [0.717, 1.165) is 6.54 Å². The molecule has 96 valence electrons. The van der Waals surface area contributed by atoms with Crippen molar-refractivity contribution in [2.75, 3.05) is 14.2 Å². The van der Waals surface area contributed by atoms with Crippen LogP contribution in [0.25, 0.3) is 0 Å². The fourth-order valence-corrected chi connectivity index (χ4v) is 3.14. The highest BCUT2D eigenvalue weighted by Crippen LogP contribution is 2.55. The Balaban J connectivity index is 1.80. The predicted molar refractivity (Wildman–Crippen MR) is 70.1 cm³/mol. The van der Waals surface area contributed by atoms with Gasteiger partial charge in [0.25, 0.3) is 0 Å². The standard InChI is InChI=1S/C15H19NO2/c1-14-9-10-15(17-2,18-3)13(14)16(14)11-12-7-5-4-6-8-12/h4-10,13H,11H2,1-3H3. The zero-order chi connectivity index (χ0) is 12.8. The van der Waals surface area contributed by atoms with Crippen LogP contribution in [0.1, 0.15) is 12.5 Å². The molecule has 0 bridgehead atoms. The molecule has 3 atom stereocenters. The molecule has 0 N–H and O–H groups in total. The van der Waals surface area contributed by atoms with Crippen LogP contribution >= 0.6 is 0 Å². The van der Waals surface area contributed by atoms with Gasteiger partial charge in [-0.15, -0.1) is 0 Å². The van der Waals surface area contributed by atoms with Gasteiger partial charge in [0.1, 0.15) is 0 Å². The van der Waals surface area contributed by atoms with Crippen LogP contribution in [0.3, 0.4) is 0 Å². The Bertz CT molecular complexity index is 467. The SMILES string of the molecule is COC1(OC)C=CC2(C)C1N2Cc1ccccc1. The van der Waals surface area contributed by atoms with E-state index in [4.69, 9.17) is 9.47 Å². The maximum Gasteiger partial charge on any atom is 0.205 e.